The van der Waals surface area contributed by atoms with Crippen LogP contribution < -0.4 is 5.32 Å². The van der Waals surface area contributed by atoms with Gasteiger partial charge in [0.2, 0.25) is 0 Å². The number of carbonyl (C=O) groups is 1. The number of methoxy groups -OCH3 is 1. The molecule has 1 aliphatic rings. The van der Waals surface area contributed by atoms with Crippen LogP contribution in [0.25, 0.3) is 0 Å². The van der Waals surface area contributed by atoms with E-state index in [1.165, 1.54) is 6.42 Å². The van der Waals surface area contributed by atoms with E-state index in [0.29, 0.717) is 18.9 Å². The SMILES string of the molecule is CCC(CCCN1CCCC(OC)C1)(NC(C)C)C(=O)O. The van der Waals surface area contributed by atoms with Gasteiger partial charge in [0.25, 0.3) is 0 Å². The fourth-order valence-corrected chi connectivity index (χ4v) is 3.24. The molecule has 2 unspecified atom stereocenters. The number of nitrogens with one attached hydrogen (secondary N) is 1. The summed E-state index contributed by atoms with van der Waals surface area (Å²) in [6.45, 7) is 8.98. The number of piperidine rings is 1. The molecule has 21 heavy (non-hydrogen) atoms. The minimum atomic E-state index is -0.787. The molecule has 2 N–H and O–H groups in total. The van der Waals surface area contributed by atoms with E-state index in [-0.39, 0.29) is 6.04 Å². The summed E-state index contributed by atoms with van der Waals surface area (Å²) in [5.41, 5.74) is -0.787. The second kappa shape index (κ2) is 8.71. The van der Waals surface area contributed by atoms with Gasteiger partial charge in [-0.15, -0.1) is 0 Å². The Morgan fingerprint density at radius 1 is 1.52 bits per heavy atom. The van der Waals surface area contributed by atoms with Gasteiger partial charge in [0.05, 0.1) is 6.10 Å². The second-order valence-corrected chi connectivity index (χ2v) is 6.44. The maximum absolute atomic E-state index is 11.7. The van der Waals surface area contributed by atoms with E-state index in [1.54, 1.807) is 7.11 Å². The Bertz CT molecular complexity index is 323. The molecular formula is C16H32N2O3. The molecule has 0 amide bonds. The topological polar surface area (TPSA) is 61.8 Å². The van der Waals surface area contributed by atoms with Gasteiger partial charge in [-0.2, -0.15) is 0 Å². The molecule has 0 radical (unpaired) electrons. The second-order valence-electron chi connectivity index (χ2n) is 6.44. The van der Waals surface area contributed by atoms with Gasteiger partial charge in [-0.25, -0.2) is 0 Å². The van der Waals surface area contributed by atoms with Crippen LogP contribution in [0.4, 0.5) is 0 Å². The van der Waals surface area contributed by atoms with Gasteiger partial charge in [-0.05, 0) is 59.0 Å². The van der Waals surface area contributed by atoms with Gasteiger partial charge in [-0.1, -0.05) is 6.92 Å². The van der Waals surface area contributed by atoms with Crippen molar-refractivity contribution in [2.75, 3.05) is 26.7 Å². The minimum absolute atomic E-state index is 0.175. The number of hydrogen-bond acceptors (Lipinski definition) is 4. The lowest BCUT2D eigenvalue weighted by Crippen LogP contribution is -2.54. The van der Waals surface area contributed by atoms with E-state index >= 15 is 0 Å². The Hall–Kier alpha value is -0.650. The van der Waals surface area contributed by atoms with Crippen molar-refractivity contribution >= 4 is 5.97 Å². The van der Waals surface area contributed by atoms with E-state index < -0.39 is 11.5 Å². The Balaban J connectivity index is 2.47. The van der Waals surface area contributed by atoms with Crippen LogP contribution >= 0.6 is 0 Å². The molecule has 0 aliphatic carbocycles. The highest BCUT2D eigenvalue weighted by atomic mass is 16.5. The first kappa shape index (κ1) is 18.4. The Morgan fingerprint density at radius 2 is 2.24 bits per heavy atom. The van der Waals surface area contributed by atoms with Crippen molar-refractivity contribution in [1.82, 2.24) is 10.2 Å². The van der Waals surface area contributed by atoms with Crippen LogP contribution in [0.5, 0.6) is 0 Å². The zero-order chi connectivity index (χ0) is 15.9. The molecular weight excluding hydrogens is 268 g/mol. The number of rotatable bonds is 9. The van der Waals surface area contributed by atoms with Crippen molar-refractivity contribution < 1.29 is 14.6 Å². The van der Waals surface area contributed by atoms with E-state index in [0.717, 1.165) is 32.5 Å². The summed E-state index contributed by atoms with van der Waals surface area (Å²) in [5, 5.41) is 12.9. The molecule has 5 nitrogen and oxygen atoms in total. The molecule has 1 rings (SSSR count). The zero-order valence-electron chi connectivity index (χ0n) is 14.0. The number of ether oxygens (including phenoxy) is 1. The Kier molecular flexibility index (Phi) is 7.63. The van der Waals surface area contributed by atoms with Gasteiger partial charge < -0.3 is 14.7 Å². The molecule has 0 saturated carbocycles. The fraction of sp³-hybridized carbons (Fsp3) is 0.938. The summed E-state index contributed by atoms with van der Waals surface area (Å²) in [4.78, 5) is 14.1. The predicted octanol–water partition coefficient (Wildman–Crippen LogP) is 2.11. The number of carboxylic acid groups (broad SMARTS) is 1. The van der Waals surface area contributed by atoms with Gasteiger partial charge in [0.1, 0.15) is 5.54 Å². The van der Waals surface area contributed by atoms with Crippen molar-refractivity contribution in [2.24, 2.45) is 0 Å². The first-order valence-electron chi connectivity index (χ1n) is 8.19. The van der Waals surface area contributed by atoms with E-state index in [1.807, 2.05) is 20.8 Å². The monoisotopic (exact) mass is 300 g/mol. The Labute approximate surface area is 129 Å². The molecule has 0 aromatic heterocycles. The largest absolute Gasteiger partial charge is 0.480 e. The molecule has 0 bridgehead atoms. The highest BCUT2D eigenvalue weighted by Gasteiger charge is 2.36. The maximum Gasteiger partial charge on any atom is 0.323 e. The lowest BCUT2D eigenvalue weighted by molar-refractivity contribution is -0.146. The molecule has 1 aliphatic heterocycles. The van der Waals surface area contributed by atoms with Crippen LogP contribution in [-0.4, -0.2) is 60.4 Å². The third kappa shape index (κ3) is 5.57. The third-order valence-corrected chi connectivity index (χ3v) is 4.45. The van der Waals surface area contributed by atoms with Crippen molar-refractivity contribution in [3.05, 3.63) is 0 Å². The average molecular weight is 300 g/mol. The van der Waals surface area contributed by atoms with Crippen LogP contribution in [0.1, 0.15) is 52.9 Å². The number of hydrogen-bond donors (Lipinski definition) is 2. The summed E-state index contributed by atoms with van der Waals surface area (Å²) in [6.07, 6.45) is 4.82. The van der Waals surface area contributed by atoms with Crippen molar-refractivity contribution in [1.29, 1.82) is 0 Å². The first-order chi connectivity index (χ1) is 9.93. The van der Waals surface area contributed by atoms with Crippen LogP contribution in [0.15, 0.2) is 0 Å². The molecule has 2 atom stereocenters. The standard InChI is InChI=1S/C16H32N2O3/c1-5-16(15(19)20,17-13(2)3)9-7-11-18-10-6-8-14(12-18)21-4/h13-14,17H,5-12H2,1-4H3,(H,19,20). The van der Waals surface area contributed by atoms with Crippen LogP contribution in [0, 0.1) is 0 Å². The first-order valence-corrected chi connectivity index (χ1v) is 8.19. The van der Waals surface area contributed by atoms with Crippen LogP contribution in [-0.2, 0) is 9.53 Å². The number of likely N-dealkylation sites (tertiary alicyclic amines) is 1. The normalized spacial score (nSPS) is 23.2. The van der Waals surface area contributed by atoms with Crippen LogP contribution in [0.3, 0.4) is 0 Å². The highest BCUT2D eigenvalue weighted by molar-refractivity contribution is 5.78. The van der Waals surface area contributed by atoms with E-state index in [9.17, 15) is 9.90 Å². The summed E-state index contributed by atoms with van der Waals surface area (Å²) in [7, 11) is 1.77. The predicted molar refractivity (Wildman–Crippen MR) is 84.6 cm³/mol. The summed E-state index contributed by atoms with van der Waals surface area (Å²) < 4.78 is 5.43. The Morgan fingerprint density at radius 3 is 2.76 bits per heavy atom. The summed E-state index contributed by atoms with van der Waals surface area (Å²) >= 11 is 0. The lowest BCUT2D eigenvalue weighted by Gasteiger charge is -2.34. The zero-order valence-corrected chi connectivity index (χ0v) is 14.0. The maximum atomic E-state index is 11.7. The van der Waals surface area contributed by atoms with Gasteiger partial charge in [0.15, 0.2) is 0 Å². The number of aliphatic carboxylic acids is 1. The number of carboxylic acids is 1. The average Bonchev–Trinajstić information content (AvgIpc) is 2.45. The minimum Gasteiger partial charge on any atom is -0.480 e. The molecule has 1 heterocycles. The molecule has 0 spiro atoms. The van der Waals surface area contributed by atoms with E-state index in [2.05, 4.69) is 10.2 Å². The molecule has 5 heteroatoms. The molecule has 0 aromatic carbocycles. The fourth-order valence-electron chi connectivity index (χ4n) is 3.24. The van der Waals surface area contributed by atoms with Gasteiger partial charge in [0, 0.05) is 19.7 Å². The third-order valence-electron chi connectivity index (χ3n) is 4.45. The highest BCUT2D eigenvalue weighted by Crippen LogP contribution is 2.21. The molecule has 1 fully saturated rings. The van der Waals surface area contributed by atoms with Crippen molar-refractivity contribution in [3.63, 3.8) is 0 Å². The smallest absolute Gasteiger partial charge is 0.323 e. The molecule has 1 saturated heterocycles. The quantitative estimate of drug-likeness (QED) is 0.683. The summed E-state index contributed by atoms with van der Waals surface area (Å²) in [5.74, 6) is -0.730. The molecule has 0 aromatic rings. The van der Waals surface area contributed by atoms with Gasteiger partial charge in [-0.3, -0.25) is 10.1 Å². The van der Waals surface area contributed by atoms with Crippen LogP contribution in [0.2, 0.25) is 0 Å². The van der Waals surface area contributed by atoms with E-state index in [4.69, 9.17) is 4.74 Å². The molecule has 124 valence electrons. The summed E-state index contributed by atoms with van der Waals surface area (Å²) in [6, 6.07) is 0.175. The van der Waals surface area contributed by atoms with Crippen molar-refractivity contribution in [3.8, 4) is 0 Å². The van der Waals surface area contributed by atoms with Crippen molar-refractivity contribution in [2.45, 2.75) is 70.6 Å². The van der Waals surface area contributed by atoms with Gasteiger partial charge >= 0.3 is 5.97 Å². The number of nitrogens with zero attached hydrogens (tertiary/aromatic N) is 1. The lowest BCUT2D eigenvalue weighted by atomic mass is 9.89.